The van der Waals surface area contributed by atoms with E-state index in [4.69, 9.17) is 10.3 Å². The number of piperidine rings is 1. The minimum Gasteiger partial charge on any atom is -0.368 e. The summed E-state index contributed by atoms with van der Waals surface area (Å²) in [4.78, 5) is 24.3. The lowest BCUT2D eigenvalue weighted by atomic mass is 10.0. The molecule has 2 aromatic carbocycles. The van der Waals surface area contributed by atoms with Gasteiger partial charge < -0.3 is 20.5 Å². The molecular weight excluding hydrogens is 526 g/mol. The van der Waals surface area contributed by atoms with Gasteiger partial charge in [0.2, 0.25) is 0 Å². The zero-order valence-corrected chi connectivity index (χ0v) is 21.8. The number of hydrogen-bond donors (Lipinski definition) is 2. The molecule has 0 aliphatic carbocycles. The van der Waals surface area contributed by atoms with Crippen molar-refractivity contribution >= 4 is 51.7 Å². The van der Waals surface area contributed by atoms with Crippen LogP contribution in [0.2, 0.25) is 0 Å². The van der Waals surface area contributed by atoms with Crippen LogP contribution >= 0.6 is 12.4 Å². The largest absolute Gasteiger partial charge is 0.368 e. The summed E-state index contributed by atoms with van der Waals surface area (Å²) in [6.45, 7) is 3.22. The first-order valence-electron chi connectivity index (χ1n) is 12.3. The van der Waals surface area contributed by atoms with E-state index < -0.39 is 17.5 Å². The van der Waals surface area contributed by atoms with Crippen molar-refractivity contribution in [3.8, 4) is 11.1 Å². The third-order valence-corrected chi connectivity index (χ3v) is 6.85. The number of aromatic nitrogens is 3. The van der Waals surface area contributed by atoms with Crippen LogP contribution in [0.15, 0.2) is 59.3 Å². The lowest BCUT2D eigenvalue weighted by molar-refractivity contribution is 0.102. The monoisotopic (exact) mass is 550 g/mol. The van der Waals surface area contributed by atoms with Gasteiger partial charge in [-0.05, 0) is 49.6 Å². The maximum atomic E-state index is 14.4. The number of nitrogens with zero attached hydrogens (tertiary/aromatic N) is 4. The highest BCUT2D eigenvalue weighted by molar-refractivity contribution is 6.09. The van der Waals surface area contributed by atoms with Gasteiger partial charge in [0.25, 0.3) is 11.6 Å². The molecule has 11 heteroatoms. The molecule has 0 radical (unpaired) electrons. The van der Waals surface area contributed by atoms with Crippen LogP contribution in [0.1, 0.15) is 29.0 Å². The Morgan fingerprint density at radius 3 is 2.69 bits per heavy atom. The fraction of sp³-hybridized carbons (Fsp3) is 0.214. The number of nitrogens with two attached hydrogens (primary N) is 1. The molecule has 5 aromatic rings. The van der Waals surface area contributed by atoms with Crippen LogP contribution in [0.25, 0.3) is 33.1 Å². The number of hydrogen-bond acceptors (Lipinski definition) is 7. The quantitative estimate of drug-likeness (QED) is 0.298. The number of carbonyl (C=O) groups excluding carboxylic acids is 1. The predicted octanol–water partition coefficient (Wildman–Crippen LogP) is 5.63. The number of fused-ring (bicyclic) bond motifs is 2. The number of anilines is 2. The molecule has 6 rings (SSSR count). The van der Waals surface area contributed by atoms with Crippen molar-refractivity contribution in [2.45, 2.75) is 25.8 Å². The number of halogens is 3. The highest BCUT2D eigenvalue weighted by Gasteiger charge is 2.26. The average Bonchev–Trinajstić information content (AvgIpc) is 3.28. The van der Waals surface area contributed by atoms with Crippen molar-refractivity contribution in [2.75, 3.05) is 23.3 Å². The van der Waals surface area contributed by atoms with Crippen LogP contribution in [0, 0.1) is 18.6 Å². The molecule has 1 aliphatic rings. The fourth-order valence-corrected chi connectivity index (χ4v) is 5.03. The molecular formula is C28H25ClF2N6O2. The molecule has 1 atom stereocenters. The molecule has 4 heterocycles. The third-order valence-electron chi connectivity index (χ3n) is 6.85. The Morgan fingerprint density at radius 2 is 1.92 bits per heavy atom. The highest BCUT2D eigenvalue weighted by atomic mass is 35.5. The fourth-order valence-electron chi connectivity index (χ4n) is 5.03. The van der Waals surface area contributed by atoms with Gasteiger partial charge in [0.1, 0.15) is 17.3 Å². The molecule has 0 spiro atoms. The number of aryl methyl sites for hydroxylation is 1. The summed E-state index contributed by atoms with van der Waals surface area (Å²) in [5.74, 6) is -1.79. The molecule has 1 amide bonds. The molecule has 1 aliphatic heterocycles. The molecule has 8 nitrogen and oxygen atoms in total. The zero-order chi connectivity index (χ0) is 26.4. The van der Waals surface area contributed by atoms with Crippen LogP contribution < -0.4 is 16.0 Å². The number of rotatable bonds is 4. The van der Waals surface area contributed by atoms with E-state index in [1.54, 1.807) is 36.5 Å². The van der Waals surface area contributed by atoms with Gasteiger partial charge in [-0.1, -0.05) is 29.4 Å². The van der Waals surface area contributed by atoms with Crippen molar-refractivity contribution in [3.05, 3.63) is 77.8 Å². The minimum absolute atomic E-state index is 0. The molecule has 200 valence electrons. The second-order valence-corrected chi connectivity index (χ2v) is 9.47. The average molecular weight is 551 g/mol. The predicted molar refractivity (Wildman–Crippen MR) is 148 cm³/mol. The van der Waals surface area contributed by atoms with Gasteiger partial charge in [-0.15, -0.1) is 12.4 Å². The Bertz CT molecular complexity index is 1690. The number of pyridine rings is 2. The summed E-state index contributed by atoms with van der Waals surface area (Å²) in [6, 6.07) is 12.0. The van der Waals surface area contributed by atoms with Crippen molar-refractivity contribution in [2.24, 2.45) is 5.73 Å². The third kappa shape index (κ3) is 4.88. The van der Waals surface area contributed by atoms with Gasteiger partial charge in [0.15, 0.2) is 0 Å². The summed E-state index contributed by atoms with van der Waals surface area (Å²) in [6.07, 6.45) is 3.38. The topological polar surface area (TPSA) is 110 Å². The Hall–Kier alpha value is -4.15. The maximum Gasteiger partial charge on any atom is 0.274 e. The van der Waals surface area contributed by atoms with Gasteiger partial charge in [-0.2, -0.15) is 0 Å². The lowest BCUT2D eigenvalue weighted by Gasteiger charge is -2.34. The normalized spacial score (nSPS) is 15.4. The molecule has 0 saturated carbocycles. The molecule has 3 aromatic heterocycles. The van der Waals surface area contributed by atoms with Gasteiger partial charge in [-0.25, -0.2) is 18.7 Å². The van der Waals surface area contributed by atoms with E-state index in [0.717, 1.165) is 35.8 Å². The summed E-state index contributed by atoms with van der Waals surface area (Å²) in [5.41, 5.74) is 9.31. The smallest absolute Gasteiger partial charge is 0.274 e. The van der Waals surface area contributed by atoms with E-state index in [-0.39, 0.29) is 29.7 Å². The first kappa shape index (κ1) is 26.5. The Labute approximate surface area is 228 Å². The van der Waals surface area contributed by atoms with Crippen molar-refractivity contribution in [1.82, 2.24) is 15.1 Å². The van der Waals surface area contributed by atoms with E-state index in [9.17, 15) is 13.6 Å². The zero-order valence-electron chi connectivity index (χ0n) is 20.9. The van der Waals surface area contributed by atoms with E-state index in [1.165, 1.54) is 18.2 Å². The molecule has 0 unspecified atom stereocenters. The molecule has 1 saturated heterocycles. The van der Waals surface area contributed by atoms with Crippen LogP contribution in [-0.4, -0.2) is 40.2 Å². The molecule has 1 fully saturated rings. The number of amides is 1. The summed E-state index contributed by atoms with van der Waals surface area (Å²) in [7, 11) is 0. The maximum absolute atomic E-state index is 14.4. The SMILES string of the molecule is Cc1noc2ncc(NC(=O)c3ccc4ccc(-c5c(F)cccc5F)cc4n3)c(N3CCC[C@H](N)C3)c12.Cl. The van der Waals surface area contributed by atoms with Gasteiger partial charge in [0, 0.05) is 24.5 Å². The second-order valence-electron chi connectivity index (χ2n) is 9.47. The minimum atomic E-state index is -0.671. The number of carbonyl (C=O) groups is 1. The van der Waals surface area contributed by atoms with Gasteiger partial charge >= 0.3 is 0 Å². The van der Waals surface area contributed by atoms with Crippen molar-refractivity contribution < 1.29 is 18.1 Å². The van der Waals surface area contributed by atoms with E-state index in [0.29, 0.717) is 34.7 Å². The second kappa shape index (κ2) is 10.5. The Balaban J connectivity index is 0.00000308. The van der Waals surface area contributed by atoms with Crippen LogP contribution in [0.4, 0.5) is 20.2 Å². The van der Waals surface area contributed by atoms with Crippen molar-refractivity contribution in [3.63, 3.8) is 0 Å². The number of nitrogens with one attached hydrogen (secondary N) is 1. The van der Waals surface area contributed by atoms with E-state index in [2.05, 4.69) is 25.3 Å². The van der Waals surface area contributed by atoms with Crippen molar-refractivity contribution in [1.29, 1.82) is 0 Å². The van der Waals surface area contributed by atoms with E-state index in [1.807, 2.05) is 6.92 Å². The van der Waals surface area contributed by atoms with Gasteiger partial charge in [0.05, 0.1) is 39.7 Å². The Morgan fingerprint density at radius 1 is 1.15 bits per heavy atom. The summed E-state index contributed by atoms with van der Waals surface area (Å²) >= 11 is 0. The first-order valence-corrected chi connectivity index (χ1v) is 12.3. The first-order chi connectivity index (χ1) is 18.4. The van der Waals surface area contributed by atoms with E-state index >= 15 is 0 Å². The lowest BCUT2D eigenvalue weighted by Crippen LogP contribution is -2.43. The molecule has 39 heavy (non-hydrogen) atoms. The van der Waals surface area contributed by atoms with Gasteiger partial charge in [-0.3, -0.25) is 4.79 Å². The standard InChI is InChI=1S/C28H24F2N6O2.ClH/c1-15-24-26(36-11-3-4-18(31)14-36)23(13-32-28(24)38-35-15)34-27(37)21-10-9-16-7-8-17(12-22(16)33-21)25-19(29)5-2-6-20(25)30;/h2,5-10,12-13,18H,3-4,11,14,31H2,1H3,(H,34,37);1H/t18-;/m0./s1. The molecule has 3 N–H and O–H groups in total. The highest BCUT2D eigenvalue weighted by Crippen LogP contribution is 2.37. The van der Waals surface area contributed by atoms with Crippen LogP contribution in [0.3, 0.4) is 0 Å². The van der Waals surface area contributed by atoms with Crippen LogP contribution in [0.5, 0.6) is 0 Å². The molecule has 0 bridgehead atoms. The number of benzene rings is 2. The van der Waals surface area contributed by atoms with Crippen LogP contribution in [-0.2, 0) is 0 Å². The summed E-state index contributed by atoms with van der Waals surface area (Å²) < 4.78 is 34.1. The Kier molecular flexibility index (Phi) is 7.16. The summed E-state index contributed by atoms with van der Waals surface area (Å²) in [5, 5.41) is 8.45.